The Bertz CT molecular complexity index is 1330. The first-order chi connectivity index (χ1) is 16.9. The molecule has 2 aliphatic rings. The second-order valence-corrected chi connectivity index (χ2v) is 10.7. The molecular weight excluding hydrogens is 481 g/mol. The average Bonchev–Trinajstić information content (AvgIpc) is 3.69. The summed E-state index contributed by atoms with van der Waals surface area (Å²) in [4.78, 5) is 22.2. The van der Waals surface area contributed by atoms with Crippen LogP contribution in [0.3, 0.4) is 0 Å². The van der Waals surface area contributed by atoms with E-state index in [2.05, 4.69) is 33.0 Å². The Morgan fingerprint density at radius 2 is 1.69 bits per heavy atom. The predicted octanol–water partition coefficient (Wildman–Crippen LogP) is 5.78. The second kappa shape index (κ2) is 9.72. The first-order valence-electron chi connectivity index (χ1n) is 12.2. The number of pyridine rings is 2. The Kier molecular flexibility index (Phi) is 6.65. The van der Waals surface area contributed by atoms with Gasteiger partial charge in [-0.05, 0) is 80.8 Å². The van der Waals surface area contributed by atoms with Gasteiger partial charge in [0, 0.05) is 43.4 Å². The van der Waals surface area contributed by atoms with Gasteiger partial charge in [-0.1, -0.05) is 23.2 Å². The third-order valence-corrected chi connectivity index (χ3v) is 8.07. The van der Waals surface area contributed by atoms with E-state index >= 15 is 0 Å². The molecule has 0 saturated heterocycles. The standard InChI is InChI=1S/C27H29Cl2N5O/c1-32(26-22(15-30)27(35)33(2)23-13-14-24(29)31-25(23)26)19-9-11-21(12-10-19)34(16-17-3-4-17)20-7-5-18(28)6-8-20/h5-8,13-14,17,19,21H,3-4,9-12,16H2,1-2H3/t19-,21+. The summed E-state index contributed by atoms with van der Waals surface area (Å²) in [5.74, 6) is 0.784. The van der Waals surface area contributed by atoms with E-state index in [1.807, 2.05) is 19.2 Å². The van der Waals surface area contributed by atoms with Crippen LogP contribution in [0.1, 0.15) is 44.1 Å². The molecule has 3 aromatic rings. The van der Waals surface area contributed by atoms with Gasteiger partial charge in [-0.25, -0.2) is 4.98 Å². The van der Waals surface area contributed by atoms with Gasteiger partial charge in [0.1, 0.15) is 22.3 Å². The summed E-state index contributed by atoms with van der Waals surface area (Å²) in [5, 5.41) is 11.0. The zero-order valence-electron chi connectivity index (χ0n) is 20.0. The maximum absolute atomic E-state index is 13.0. The molecule has 0 radical (unpaired) electrons. The van der Waals surface area contributed by atoms with Gasteiger partial charge >= 0.3 is 0 Å². The van der Waals surface area contributed by atoms with E-state index in [0.717, 1.165) is 43.2 Å². The summed E-state index contributed by atoms with van der Waals surface area (Å²) in [6.45, 7) is 1.09. The second-order valence-electron chi connectivity index (χ2n) is 9.85. The topological polar surface area (TPSA) is 65.2 Å². The normalized spacial score (nSPS) is 20.0. The smallest absolute Gasteiger partial charge is 0.270 e. The number of fused-ring (bicyclic) bond motifs is 1. The van der Waals surface area contributed by atoms with Crippen LogP contribution in [0.2, 0.25) is 10.2 Å². The summed E-state index contributed by atoms with van der Waals surface area (Å²) < 4.78 is 1.48. The Hall–Kier alpha value is -2.75. The number of hydrogen-bond acceptors (Lipinski definition) is 5. The fourth-order valence-electron chi connectivity index (χ4n) is 5.43. The first kappa shape index (κ1) is 24.0. The SMILES string of the molecule is Cn1c(=O)c(C#N)c(N(C)[C@H]2CC[C@@H](N(CC3CC3)c3ccc(Cl)cc3)CC2)c2nc(Cl)ccc21. The van der Waals surface area contributed by atoms with Crippen molar-refractivity contribution in [3.63, 3.8) is 0 Å². The number of aromatic nitrogens is 2. The van der Waals surface area contributed by atoms with Crippen LogP contribution in [-0.4, -0.2) is 35.2 Å². The molecule has 1 aromatic carbocycles. The monoisotopic (exact) mass is 509 g/mol. The summed E-state index contributed by atoms with van der Waals surface area (Å²) in [7, 11) is 3.64. The number of benzene rings is 1. The summed E-state index contributed by atoms with van der Waals surface area (Å²) >= 11 is 12.4. The molecule has 2 fully saturated rings. The first-order valence-corrected chi connectivity index (χ1v) is 13.0. The molecule has 0 amide bonds. The third-order valence-electron chi connectivity index (χ3n) is 7.61. The van der Waals surface area contributed by atoms with Gasteiger partial charge < -0.3 is 14.4 Å². The van der Waals surface area contributed by atoms with Crippen LogP contribution in [-0.2, 0) is 7.05 Å². The van der Waals surface area contributed by atoms with Crippen LogP contribution in [0, 0.1) is 17.2 Å². The van der Waals surface area contributed by atoms with Crippen molar-refractivity contribution in [2.45, 2.75) is 50.6 Å². The van der Waals surface area contributed by atoms with Crippen molar-refractivity contribution in [1.29, 1.82) is 5.26 Å². The van der Waals surface area contributed by atoms with Crippen LogP contribution in [0.15, 0.2) is 41.2 Å². The lowest BCUT2D eigenvalue weighted by Gasteiger charge is -2.41. The number of anilines is 2. The number of nitriles is 1. The molecule has 0 spiro atoms. The molecule has 0 atom stereocenters. The highest BCUT2D eigenvalue weighted by Crippen LogP contribution is 2.38. The molecular formula is C27H29Cl2N5O. The zero-order valence-corrected chi connectivity index (χ0v) is 21.6. The summed E-state index contributed by atoms with van der Waals surface area (Å²) in [6, 6.07) is 14.5. The van der Waals surface area contributed by atoms with Gasteiger partial charge in [0.05, 0.1) is 11.2 Å². The van der Waals surface area contributed by atoms with Gasteiger partial charge in [0.15, 0.2) is 0 Å². The van der Waals surface area contributed by atoms with Crippen molar-refractivity contribution >= 4 is 45.6 Å². The average molecular weight is 510 g/mol. The molecule has 2 heterocycles. The van der Waals surface area contributed by atoms with E-state index in [0.29, 0.717) is 27.9 Å². The maximum atomic E-state index is 13.0. The lowest BCUT2D eigenvalue weighted by molar-refractivity contribution is 0.365. The lowest BCUT2D eigenvalue weighted by Crippen LogP contribution is -2.44. The Morgan fingerprint density at radius 3 is 2.31 bits per heavy atom. The van der Waals surface area contributed by atoms with E-state index in [1.54, 1.807) is 19.2 Å². The quantitative estimate of drug-likeness (QED) is 0.394. The molecule has 0 unspecified atom stereocenters. The van der Waals surface area contributed by atoms with Crippen molar-refractivity contribution in [2.24, 2.45) is 13.0 Å². The number of hydrogen-bond donors (Lipinski definition) is 0. The number of rotatable bonds is 6. The minimum absolute atomic E-state index is 0.121. The Balaban J connectivity index is 1.41. The van der Waals surface area contributed by atoms with Crippen molar-refractivity contribution in [3.05, 3.63) is 62.5 Å². The maximum Gasteiger partial charge on any atom is 0.270 e. The van der Waals surface area contributed by atoms with E-state index in [4.69, 9.17) is 23.2 Å². The van der Waals surface area contributed by atoms with Crippen LogP contribution in [0.4, 0.5) is 11.4 Å². The summed E-state index contributed by atoms with van der Waals surface area (Å²) in [6.07, 6.45) is 6.65. The molecule has 35 heavy (non-hydrogen) atoms. The van der Waals surface area contributed by atoms with E-state index in [9.17, 15) is 10.1 Å². The van der Waals surface area contributed by atoms with Gasteiger partial charge in [-0.3, -0.25) is 4.79 Å². The molecule has 6 nitrogen and oxygen atoms in total. The van der Waals surface area contributed by atoms with Crippen LogP contribution in [0.25, 0.3) is 11.0 Å². The van der Waals surface area contributed by atoms with Crippen molar-refractivity contribution < 1.29 is 0 Å². The van der Waals surface area contributed by atoms with Crippen molar-refractivity contribution in [1.82, 2.24) is 9.55 Å². The molecule has 2 saturated carbocycles. The molecule has 0 aliphatic heterocycles. The summed E-state index contributed by atoms with van der Waals surface area (Å²) in [5.41, 5.74) is 2.91. The van der Waals surface area contributed by atoms with Crippen LogP contribution >= 0.6 is 23.2 Å². The predicted molar refractivity (Wildman–Crippen MR) is 143 cm³/mol. The van der Waals surface area contributed by atoms with Gasteiger partial charge in [0.2, 0.25) is 0 Å². The Labute approximate surface area is 215 Å². The number of aryl methyl sites for hydroxylation is 1. The molecule has 0 bridgehead atoms. The van der Waals surface area contributed by atoms with E-state index < -0.39 is 0 Å². The molecule has 8 heteroatoms. The van der Waals surface area contributed by atoms with E-state index in [-0.39, 0.29) is 17.2 Å². The molecule has 2 aromatic heterocycles. The lowest BCUT2D eigenvalue weighted by atomic mass is 9.88. The third kappa shape index (κ3) is 4.72. The molecule has 182 valence electrons. The van der Waals surface area contributed by atoms with Gasteiger partial charge in [-0.2, -0.15) is 5.26 Å². The highest BCUT2D eigenvalue weighted by atomic mass is 35.5. The fraction of sp³-hybridized carbons (Fsp3) is 0.444. The molecule has 2 aliphatic carbocycles. The molecule has 5 rings (SSSR count). The molecule has 0 N–H and O–H groups in total. The van der Waals surface area contributed by atoms with Crippen LogP contribution < -0.4 is 15.4 Å². The minimum atomic E-state index is -0.307. The van der Waals surface area contributed by atoms with Crippen molar-refractivity contribution in [2.75, 3.05) is 23.4 Å². The fourth-order valence-corrected chi connectivity index (χ4v) is 5.70. The number of nitrogens with zero attached hydrogens (tertiary/aromatic N) is 5. The van der Waals surface area contributed by atoms with Gasteiger partial charge in [0.25, 0.3) is 5.56 Å². The Morgan fingerprint density at radius 1 is 1.03 bits per heavy atom. The highest BCUT2D eigenvalue weighted by Gasteiger charge is 2.33. The van der Waals surface area contributed by atoms with Gasteiger partial charge in [-0.15, -0.1) is 0 Å². The largest absolute Gasteiger partial charge is 0.369 e. The van der Waals surface area contributed by atoms with E-state index in [1.165, 1.54) is 23.1 Å². The highest BCUT2D eigenvalue weighted by molar-refractivity contribution is 6.30. The van der Waals surface area contributed by atoms with Crippen LogP contribution in [0.5, 0.6) is 0 Å². The zero-order chi connectivity index (χ0) is 24.7. The number of halogens is 2. The van der Waals surface area contributed by atoms with Crippen molar-refractivity contribution in [3.8, 4) is 6.07 Å². The minimum Gasteiger partial charge on any atom is -0.369 e.